The Balaban J connectivity index is 2.00. The van der Waals surface area contributed by atoms with Gasteiger partial charge < -0.3 is 15.1 Å². The molecule has 2 heterocycles. The third-order valence-electron chi connectivity index (χ3n) is 5.16. The molecule has 0 bridgehead atoms. The highest BCUT2D eigenvalue weighted by Crippen LogP contribution is 2.39. The summed E-state index contributed by atoms with van der Waals surface area (Å²) in [5.41, 5.74) is -0.119. The fourth-order valence-corrected chi connectivity index (χ4v) is 3.83. The fourth-order valence-electron chi connectivity index (χ4n) is 3.83. The SMILES string of the molecule is CC(C)CCN1C[C@@]2(CCCN(C(=O)NC(C)(C)C)C2)CCC1=O. The van der Waals surface area contributed by atoms with Crippen molar-refractivity contribution in [1.29, 1.82) is 0 Å². The Hall–Kier alpha value is -1.26. The third-order valence-corrected chi connectivity index (χ3v) is 5.16. The van der Waals surface area contributed by atoms with E-state index in [0.717, 1.165) is 51.9 Å². The highest BCUT2D eigenvalue weighted by Gasteiger charge is 2.42. The molecule has 5 nitrogen and oxygen atoms in total. The van der Waals surface area contributed by atoms with Gasteiger partial charge in [0, 0.05) is 43.6 Å². The number of carbonyl (C=O) groups is 2. The average Bonchev–Trinajstić information content (AvgIpc) is 2.47. The molecule has 0 aromatic heterocycles. The van der Waals surface area contributed by atoms with E-state index in [0.29, 0.717) is 12.3 Å². The van der Waals surface area contributed by atoms with Crippen LogP contribution >= 0.6 is 0 Å². The van der Waals surface area contributed by atoms with E-state index in [4.69, 9.17) is 0 Å². The van der Waals surface area contributed by atoms with Crippen molar-refractivity contribution in [2.24, 2.45) is 11.3 Å². The van der Waals surface area contributed by atoms with Gasteiger partial charge in [-0.3, -0.25) is 4.79 Å². The Kier molecular flexibility index (Phi) is 5.82. The lowest BCUT2D eigenvalue weighted by Gasteiger charge is -2.48. The van der Waals surface area contributed by atoms with Gasteiger partial charge in [-0.2, -0.15) is 0 Å². The van der Waals surface area contributed by atoms with Crippen molar-refractivity contribution in [3.8, 4) is 0 Å². The van der Waals surface area contributed by atoms with E-state index >= 15 is 0 Å². The zero-order valence-corrected chi connectivity index (χ0v) is 16.2. The molecule has 2 aliphatic heterocycles. The largest absolute Gasteiger partial charge is 0.342 e. The number of amides is 3. The molecule has 0 aromatic carbocycles. The topological polar surface area (TPSA) is 52.6 Å². The first-order chi connectivity index (χ1) is 11.1. The van der Waals surface area contributed by atoms with Crippen molar-refractivity contribution in [3.63, 3.8) is 0 Å². The highest BCUT2D eigenvalue weighted by atomic mass is 16.2. The maximum absolute atomic E-state index is 12.5. The summed E-state index contributed by atoms with van der Waals surface area (Å²) in [7, 11) is 0. The molecular formula is C19H35N3O2. The molecule has 3 amide bonds. The van der Waals surface area contributed by atoms with Crippen LogP contribution in [0.2, 0.25) is 0 Å². The number of hydrogen-bond donors (Lipinski definition) is 1. The standard InChI is InChI=1S/C19H35N3O2/c1-15(2)8-12-21-13-19(10-7-16(21)23)9-6-11-22(14-19)17(24)20-18(3,4)5/h15H,6-14H2,1-5H3,(H,20,24)/t19-/m1/s1. The fraction of sp³-hybridized carbons (Fsp3) is 0.895. The van der Waals surface area contributed by atoms with Crippen LogP contribution in [-0.2, 0) is 4.79 Å². The first-order valence-electron chi connectivity index (χ1n) is 9.45. The number of piperidine rings is 2. The number of likely N-dealkylation sites (tertiary alicyclic amines) is 2. The second-order valence-corrected chi connectivity index (χ2v) is 9.20. The number of hydrogen-bond acceptors (Lipinski definition) is 2. The van der Waals surface area contributed by atoms with Gasteiger partial charge in [0.25, 0.3) is 0 Å². The van der Waals surface area contributed by atoms with E-state index in [9.17, 15) is 9.59 Å². The Morgan fingerprint density at radius 1 is 1.25 bits per heavy atom. The summed E-state index contributed by atoms with van der Waals surface area (Å²) in [5, 5.41) is 3.08. The van der Waals surface area contributed by atoms with Gasteiger partial charge in [0.15, 0.2) is 0 Å². The zero-order chi connectivity index (χ0) is 18.0. The first-order valence-corrected chi connectivity index (χ1v) is 9.45. The minimum absolute atomic E-state index is 0.0344. The van der Waals surface area contributed by atoms with Crippen molar-refractivity contribution in [2.45, 2.75) is 72.3 Å². The molecule has 1 N–H and O–H groups in total. The molecule has 0 aliphatic carbocycles. The molecule has 2 fully saturated rings. The molecule has 2 saturated heterocycles. The van der Waals surface area contributed by atoms with Gasteiger partial charge in [0.1, 0.15) is 0 Å². The summed E-state index contributed by atoms with van der Waals surface area (Å²) in [6.07, 6.45) is 4.76. The minimum Gasteiger partial charge on any atom is -0.342 e. The van der Waals surface area contributed by atoms with Crippen molar-refractivity contribution in [1.82, 2.24) is 15.1 Å². The maximum atomic E-state index is 12.5. The van der Waals surface area contributed by atoms with E-state index in [1.165, 1.54) is 0 Å². The second-order valence-electron chi connectivity index (χ2n) is 9.20. The molecule has 0 unspecified atom stereocenters. The molecule has 0 radical (unpaired) electrons. The zero-order valence-electron chi connectivity index (χ0n) is 16.2. The summed E-state index contributed by atoms with van der Waals surface area (Å²) in [4.78, 5) is 28.8. The molecule has 0 aromatic rings. The Morgan fingerprint density at radius 2 is 1.96 bits per heavy atom. The van der Waals surface area contributed by atoms with Gasteiger partial charge in [0.05, 0.1) is 0 Å². The van der Waals surface area contributed by atoms with E-state index in [-0.39, 0.29) is 22.9 Å². The van der Waals surface area contributed by atoms with E-state index < -0.39 is 0 Å². The third kappa shape index (κ3) is 5.12. The minimum atomic E-state index is -0.215. The number of urea groups is 1. The monoisotopic (exact) mass is 337 g/mol. The van der Waals surface area contributed by atoms with Crippen molar-refractivity contribution in [3.05, 3.63) is 0 Å². The van der Waals surface area contributed by atoms with Gasteiger partial charge in [-0.15, -0.1) is 0 Å². The molecule has 2 rings (SSSR count). The molecular weight excluding hydrogens is 302 g/mol. The molecule has 0 saturated carbocycles. The summed E-state index contributed by atoms with van der Waals surface area (Å²) in [5.74, 6) is 0.897. The Bertz CT molecular complexity index is 470. The summed E-state index contributed by atoms with van der Waals surface area (Å²) in [6, 6.07) is 0.0344. The summed E-state index contributed by atoms with van der Waals surface area (Å²) >= 11 is 0. The quantitative estimate of drug-likeness (QED) is 0.859. The predicted octanol–water partition coefficient (Wildman–Crippen LogP) is 3.25. The van der Waals surface area contributed by atoms with Crippen molar-refractivity contribution < 1.29 is 9.59 Å². The van der Waals surface area contributed by atoms with Crippen LogP contribution in [0.15, 0.2) is 0 Å². The van der Waals surface area contributed by atoms with E-state index in [1.54, 1.807) is 0 Å². The van der Waals surface area contributed by atoms with Gasteiger partial charge in [-0.05, 0) is 52.4 Å². The van der Waals surface area contributed by atoms with Crippen LogP contribution in [0.3, 0.4) is 0 Å². The van der Waals surface area contributed by atoms with Crippen molar-refractivity contribution >= 4 is 11.9 Å². The lowest BCUT2D eigenvalue weighted by Crippen LogP contribution is -2.58. The van der Waals surface area contributed by atoms with E-state index in [2.05, 4.69) is 24.1 Å². The normalized spacial score (nSPS) is 25.5. The molecule has 24 heavy (non-hydrogen) atoms. The number of nitrogens with one attached hydrogen (secondary N) is 1. The second kappa shape index (κ2) is 7.32. The van der Waals surface area contributed by atoms with Gasteiger partial charge >= 0.3 is 6.03 Å². The highest BCUT2D eigenvalue weighted by molar-refractivity contribution is 5.77. The van der Waals surface area contributed by atoms with Gasteiger partial charge in [0.2, 0.25) is 5.91 Å². The molecule has 1 atom stereocenters. The van der Waals surface area contributed by atoms with Crippen LogP contribution in [0.25, 0.3) is 0 Å². The van der Waals surface area contributed by atoms with Gasteiger partial charge in [-0.1, -0.05) is 13.8 Å². The van der Waals surface area contributed by atoms with Crippen molar-refractivity contribution in [2.75, 3.05) is 26.2 Å². The smallest absolute Gasteiger partial charge is 0.317 e. The molecule has 2 aliphatic rings. The Morgan fingerprint density at radius 3 is 2.58 bits per heavy atom. The van der Waals surface area contributed by atoms with Gasteiger partial charge in [-0.25, -0.2) is 4.79 Å². The number of rotatable bonds is 3. The first kappa shape index (κ1) is 19.1. The van der Waals surface area contributed by atoms with Crippen LogP contribution in [0.4, 0.5) is 4.79 Å². The summed E-state index contributed by atoms with van der Waals surface area (Å²) in [6.45, 7) is 13.7. The summed E-state index contributed by atoms with van der Waals surface area (Å²) < 4.78 is 0. The average molecular weight is 338 g/mol. The molecule has 5 heteroatoms. The van der Waals surface area contributed by atoms with Crippen LogP contribution in [0.5, 0.6) is 0 Å². The number of nitrogens with zero attached hydrogens (tertiary/aromatic N) is 2. The van der Waals surface area contributed by atoms with Crippen LogP contribution in [-0.4, -0.2) is 53.5 Å². The predicted molar refractivity (Wildman–Crippen MR) is 96.8 cm³/mol. The molecule has 1 spiro atoms. The molecule has 138 valence electrons. The lowest BCUT2D eigenvalue weighted by molar-refractivity contribution is -0.139. The van der Waals surface area contributed by atoms with E-state index in [1.807, 2.05) is 25.7 Å². The Labute approximate surface area is 147 Å². The maximum Gasteiger partial charge on any atom is 0.317 e. The number of carbonyl (C=O) groups excluding carboxylic acids is 2. The van der Waals surface area contributed by atoms with Crippen LogP contribution in [0.1, 0.15) is 66.7 Å². The van der Waals surface area contributed by atoms with Crippen LogP contribution < -0.4 is 5.32 Å². The lowest BCUT2D eigenvalue weighted by atomic mass is 9.73. The van der Waals surface area contributed by atoms with Crippen LogP contribution in [0, 0.1) is 11.3 Å².